The molecule has 1 aliphatic heterocycles. The average molecular weight is 353 g/mol. The number of hydrogen-bond donors (Lipinski definition) is 0. The topological polar surface area (TPSA) is 46.6 Å². The summed E-state index contributed by atoms with van der Waals surface area (Å²) in [4.78, 5) is 25.8. The zero-order valence-corrected chi connectivity index (χ0v) is 15.4. The van der Waals surface area contributed by atoms with Crippen LogP contribution in [0.15, 0.2) is 24.3 Å². The molecule has 1 heterocycles. The molecular formula is C22H27NO3. The smallest absolute Gasteiger partial charge is 0.311 e. The fourth-order valence-corrected chi connectivity index (χ4v) is 6.74. The predicted molar refractivity (Wildman–Crippen MR) is 98.8 cm³/mol. The molecular weight excluding hydrogens is 326 g/mol. The normalized spacial score (nSPS) is 38.0. The van der Waals surface area contributed by atoms with Crippen molar-refractivity contribution in [1.29, 1.82) is 0 Å². The number of rotatable bonds is 3. The molecule has 4 heteroatoms. The van der Waals surface area contributed by atoms with Crippen molar-refractivity contribution >= 4 is 17.6 Å². The fourth-order valence-electron chi connectivity index (χ4n) is 6.74. The first kappa shape index (κ1) is 16.3. The Hall–Kier alpha value is -1.84. The molecule has 26 heavy (non-hydrogen) atoms. The van der Waals surface area contributed by atoms with Crippen LogP contribution >= 0.6 is 0 Å². The van der Waals surface area contributed by atoms with Crippen LogP contribution in [0.5, 0.6) is 0 Å². The van der Waals surface area contributed by atoms with E-state index in [1.54, 1.807) is 4.90 Å². The molecule has 1 amide bonds. The van der Waals surface area contributed by atoms with Crippen LogP contribution in [-0.4, -0.2) is 25.5 Å². The van der Waals surface area contributed by atoms with Gasteiger partial charge in [0.2, 0.25) is 5.91 Å². The summed E-state index contributed by atoms with van der Waals surface area (Å²) >= 11 is 0. The minimum atomic E-state index is -0.338. The maximum atomic E-state index is 12.3. The molecule has 4 nitrogen and oxygen atoms in total. The maximum Gasteiger partial charge on any atom is 0.311 e. The molecule has 1 saturated heterocycles. The second-order valence-corrected chi connectivity index (χ2v) is 9.17. The fraction of sp³-hybridized carbons (Fsp3) is 0.636. The van der Waals surface area contributed by atoms with E-state index in [0.717, 1.165) is 23.4 Å². The molecule has 5 fully saturated rings. The third-order valence-electron chi connectivity index (χ3n) is 7.49. The molecule has 0 radical (unpaired) electrons. The highest BCUT2D eigenvalue weighted by Crippen LogP contribution is 2.60. The molecule has 1 atom stereocenters. The van der Waals surface area contributed by atoms with Crippen LogP contribution in [0.25, 0.3) is 0 Å². The highest BCUT2D eigenvalue weighted by atomic mass is 16.5. The minimum absolute atomic E-state index is 0.0166. The van der Waals surface area contributed by atoms with Crippen LogP contribution in [0.2, 0.25) is 0 Å². The van der Waals surface area contributed by atoms with Gasteiger partial charge in [-0.3, -0.25) is 9.59 Å². The number of carbonyl (C=O) groups excluding carboxylic acids is 2. The van der Waals surface area contributed by atoms with Gasteiger partial charge in [-0.1, -0.05) is 12.1 Å². The quantitative estimate of drug-likeness (QED) is 0.779. The van der Waals surface area contributed by atoms with Gasteiger partial charge in [-0.15, -0.1) is 0 Å². The Kier molecular flexibility index (Phi) is 3.67. The van der Waals surface area contributed by atoms with Gasteiger partial charge in [0.05, 0.1) is 13.0 Å². The summed E-state index contributed by atoms with van der Waals surface area (Å²) in [5.74, 6) is 2.19. The maximum absolute atomic E-state index is 12.3. The molecule has 5 aliphatic rings. The Morgan fingerprint density at radius 3 is 2.15 bits per heavy atom. The lowest BCUT2D eigenvalue weighted by Crippen LogP contribution is -2.48. The number of carbonyl (C=O) groups is 2. The van der Waals surface area contributed by atoms with Gasteiger partial charge in [-0.2, -0.15) is 0 Å². The number of benzene rings is 1. The monoisotopic (exact) mass is 353 g/mol. The van der Waals surface area contributed by atoms with Gasteiger partial charge in [0, 0.05) is 18.7 Å². The summed E-state index contributed by atoms with van der Waals surface area (Å²) in [5, 5.41) is 0. The third kappa shape index (κ3) is 2.49. The van der Waals surface area contributed by atoms with Crippen molar-refractivity contribution < 1.29 is 14.3 Å². The molecule has 4 saturated carbocycles. The van der Waals surface area contributed by atoms with Crippen molar-refractivity contribution in [3.8, 4) is 0 Å². The van der Waals surface area contributed by atoms with E-state index in [1.807, 2.05) is 0 Å². The van der Waals surface area contributed by atoms with Crippen LogP contribution < -0.4 is 4.90 Å². The van der Waals surface area contributed by atoms with E-state index in [1.165, 1.54) is 51.2 Å². The summed E-state index contributed by atoms with van der Waals surface area (Å²) in [5.41, 5.74) is 2.77. The number of hydrogen-bond acceptors (Lipinski definition) is 3. The summed E-state index contributed by atoms with van der Waals surface area (Å²) in [6.45, 7) is 0.433. The lowest BCUT2D eigenvalue weighted by Gasteiger charge is -2.57. The molecule has 0 spiro atoms. The highest BCUT2D eigenvalue weighted by Gasteiger charge is 2.51. The molecule has 1 aromatic carbocycles. The molecule has 4 bridgehead atoms. The zero-order chi connectivity index (χ0) is 17.9. The summed E-state index contributed by atoms with van der Waals surface area (Å²) < 4.78 is 4.81. The number of ether oxygens (including phenoxy) is 1. The molecule has 0 unspecified atom stereocenters. The van der Waals surface area contributed by atoms with Gasteiger partial charge in [0.1, 0.15) is 0 Å². The third-order valence-corrected chi connectivity index (χ3v) is 7.49. The first-order chi connectivity index (χ1) is 12.6. The average Bonchev–Trinajstić information content (AvgIpc) is 3.02. The van der Waals surface area contributed by atoms with E-state index >= 15 is 0 Å². The van der Waals surface area contributed by atoms with Crippen LogP contribution in [0.4, 0.5) is 5.69 Å². The Morgan fingerprint density at radius 1 is 1.04 bits per heavy atom. The summed E-state index contributed by atoms with van der Waals surface area (Å²) in [6, 6.07) is 8.68. The van der Waals surface area contributed by atoms with Gasteiger partial charge in [0.25, 0.3) is 0 Å². The highest BCUT2D eigenvalue weighted by molar-refractivity contribution is 5.99. The first-order valence-electron chi connectivity index (χ1n) is 10.0. The number of anilines is 1. The Balaban J connectivity index is 1.37. The van der Waals surface area contributed by atoms with E-state index in [4.69, 9.17) is 4.74 Å². The number of methoxy groups -OCH3 is 1. The van der Waals surface area contributed by atoms with E-state index in [-0.39, 0.29) is 24.2 Å². The Morgan fingerprint density at radius 2 is 1.62 bits per heavy atom. The zero-order valence-electron chi connectivity index (χ0n) is 15.4. The molecule has 0 aromatic heterocycles. The van der Waals surface area contributed by atoms with Crippen LogP contribution in [0, 0.1) is 23.7 Å². The molecule has 138 valence electrons. The van der Waals surface area contributed by atoms with Crippen LogP contribution in [0.1, 0.15) is 50.5 Å². The summed E-state index contributed by atoms with van der Waals surface area (Å²) in [6.07, 6.45) is 8.67. The second kappa shape index (κ2) is 5.83. The van der Waals surface area contributed by atoms with Crippen LogP contribution in [0.3, 0.4) is 0 Å². The van der Waals surface area contributed by atoms with Crippen molar-refractivity contribution in [2.75, 3.05) is 18.6 Å². The van der Waals surface area contributed by atoms with E-state index < -0.39 is 0 Å². The van der Waals surface area contributed by atoms with E-state index in [9.17, 15) is 9.59 Å². The van der Waals surface area contributed by atoms with Gasteiger partial charge in [-0.25, -0.2) is 0 Å². The van der Waals surface area contributed by atoms with E-state index in [2.05, 4.69) is 24.3 Å². The van der Waals surface area contributed by atoms with Crippen molar-refractivity contribution in [1.82, 2.24) is 0 Å². The van der Waals surface area contributed by atoms with E-state index in [0.29, 0.717) is 12.0 Å². The van der Waals surface area contributed by atoms with Crippen molar-refractivity contribution in [3.05, 3.63) is 29.8 Å². The minimum Gasteiger partial charge on any atom is -0.469 e. The molecule has 0 N–H and O–H groups in total. The molecule has 4 aliphatic carbocycles. The standard InChI is InChI=1S/C22H27NO3/c1-26-21(25)17-9-20(24)23(13-17)19-4-2-18(3-5-19)22-10-14-6-15(11-22)8-16(7-14)12-22/h2-5,14-17H,6-13H2,1H3/t14?,15?,16?,17-,22?/m1/s1. The second-order valence-electron chi connectivity index (χ2n) is 9.17. The van der Waals surface area contributed by atoms with Gasteiger partial charge in [0.15, 0.2) is 0 Å². The first-order valence-corrected chi connectivity index (χ1v) is 10.0. The van der Waals surface area contributed by atoms with Crippen molar-refractivity contribution in [2.45, 2.75) is 50.4 Å². The molecule has 6 rings (SSSR count). The van der Waals surface area contributed by atoms with Gasteiger partial charge < -0.3 is 9.64 Å². The molecule has 1 aromatic rings. The predicted octanol–water partition coefficient (Wildman–Crippen LogP) is 3.68. The lowest BCUT2D eigenvalue weighted by molar-refractivity contribution is -0.145. The van der Waals surface area contributed by atoms with Crippen molar-refractivity contribution in [2.24, 2.45) is 23.7 Å². The SMILES string of the molecule is COC(=O)[C@@H]1CC(=O)N(c2ccc(C34CC5CC(CC(C5)C3)C4)cc2)C1. The van der Waals surface area contributed by atoms with Crippen molar-refractivity contribution in [3.63, 3.8) is 0 Å². The number of nitrogens with zero attached hydrogens (tertiary/aromatic N) is 1. The number of amides is 1. The Labute approximate surface area is 154 Å². The number of esters is 1. The summed E-state index contributed by atoms with van der Waals surface area (Å²) in [7, 11) is 1.38. The van der Waals surface area contributed by atoms with Gasteiger partial charge in [-0.05, 0) is 79.4 Å². The lowest BCUT2D eigenvalue weighted by atomic mass is 9.48. The van der Waals surface area contributed by atoms with Crippen LogP contribution in [-0.2, 0) is 19.7 Å². The largest absolute Gasteiger partial charge is 0.469 e. The van der Waals surface area contributed by atoms with Gasteiger partial charge >= 0.3 is 5.97 Å². The Bertz CT molecular complexity index is 703.